The Morgan fingerprint density at radius 1 is 1.13 bits per heavy atom. The number of nitrogens with two attached hydrogens (primary N) is 1. The summed E-state index contributed by atoms with van der Waals surface area (Å²) in [6.07, 6.45) is 3.17. The maximum absolute atomic E-state index is 12.2. The van der Waals surface area contributed by atoms with Crippen molar-refractivity contribution >= 4 is 17.3 Å². The highest BCUT2D eigenvalue weighted by molar-refractivity contribution is 5.97. The standard InChI is InChI=1S/C15H14N3O4.BrH/c16-8-14(19)12-4-2-6-17(9-12)10-15(20)11-3-1-5-13(7-11)18(21)22;/h1-7,9H,8,10,16H2;1H/q+1;/p-1. The Kier molecular flexibility index (Phi) is 6.67. The summed E-state index contributed by atoms with van der Waals surface area (Å²) in [6, 6.07) is 8.80. The number of rotatable bonds is 6. The molecule has 0 spiro atoms. The van der Waals surface area contributed by atoms with Crippen molar-refractivity contribution < 1.29 is 36.1 Å². The molecule has 8 heteroatoms. The maximum atomic E-state index is 12.2. The molecular formula is C15H14BrN3O4. The first-order chi connectivity index (χ1) is 10.5. The molecule has 0 saturated heterocycles. The van der Waals surface area contributed by atoms with Gasteiger partial charge in [0, 0.05) is 23.8 Å². The number of carbonyl (C=O) groups excluding carboxylic acids is 2. The van der Waals surface area contributed by atoms with Gasteiger partial charge in [0.25, 0.3) is 5.69 Å². The summed E-state index contributed by atoms with van der Waals surface area (Å²) in [5.41, 5.74) is 5.83. The van der Waals surface area contributed by atoms with E-state index in [2.05, 4.69) is 0 Å². The molecule has 0 bridgehead atoms. The zero-order valence-corrected chi connectivity index (χ0v) is 13.6. The third-order valence-electron chi connectivity index (χ3n) is 3.07. The first kappa shape index (κ1) is 18.6. The lowest BCUT2D eigenvalue weighted by Gasteiger charge is -2.00. The van der Waals surface area contributed by atoms with Gasteiger partial charge in [-0.15, -0.1) is 0 Å². The number of non-ortho nitro benzene ring substituents is 1. The molecule has 23 heavy (non-hydrogen) atoms. The quantitative estimate of drug-likeness (QED) is 0.268. The van der Waals surface area contributed by atoms with Crippen LogP contribution in [0.25, 0.3) is 0 Å². The van der Waals surface area contributed by atoms with Gasteiger partial charge in [-0.25, -0.2) is 0 Å². The third-order valence-corrected chi connectivity index (χ3v) is 3.07. The first-order valence-corrected chi connectivity index (χ1v) is 6.51. The van der Waals surface area contributed by atoms with Crippen LogP contribution >= 0.6 is 0 Å². The van der Waals surface area contributed by atoms with Crippen LogP contribution in [0.4, 0.5) is 5.69 Å². The maximum Gasteiger partial charge on any atom is 0.270 e. The van der Waals surface area contributed by atoms with E-state index < -0.39 is 4.92 Å². The number of hydrogen-bond donors (Lipinski definition) is 1. The number of aromatic nitrogens is 1. The highest BCUT2D eigenvalue weighted by Gasteiger charge is 2.16. The molecule has 1 heterocycles. The fourth-order valence-corrected chi connectivity index (χ4v) is 1.95. The molecule has 0 atom stereocenters. The number of nitrogens with zero attached hydrogens (tertiary/aromatic N) is 2. The van der Waals surface area contributed by atoms with Gasteiger partial charge in [0.1, 0.15) is 0 Å². The van der Waals surface area contributed by atoms with Gasteiger partial charge >= 0.3 is 0 Å². The molecular weight excluding hydrogens is 366 g/mol. The van der Waals surface area contributed by atoms with E-state index in [1.165, 1.54) is 30.5 Å². The molecule has 2 N–H and O–H groups in total. The average molecular weight is 380 g/mol. The molecule has 0 saturated carbocycles. The highest BCUT2D eigenvalue weighted by atomic mass is 79.9. The average Bonchev–Trinajstić information content (AvgIpc) is 2.54. The monoisotopic (exact) mass is 379 g/mol. The fourth-order valence-electron chi connectivity index (χ4n) is 1.95. The van der Waals surface area contributed by atoms with E-state index in [-0.39, 0.29) is 52.9 Å². The summed E-state index contributed by atoms with van der Waals surface area (Å²) in [7, 11) is 0. The van der Waals surface area contributed by atoms with Crippen LogP contribution in [0, 0.1) is 10.1 Å². The number of benzene rings is 1. The third kappa shape index (κ3) is 4.76. The molecule has 0 aliphatic carbocycles. The van der Waals surface area contributed by atoms with E-state index in [4.69, 9.17) is 5.73 Å². The molecule has 0 amide bonds. The van der Waals surface area contributed by atoms with Crippen molar-refractivity contribution in [2.75, 3.05) is 6.54 Å². The lowest BCUT2D eigenvalue weighted by Crippen LogP contribution is -3.00. The van der Waals surface area contributed by atoms with E-state index >= 15 is 0 Å². The van der Waals surface area contributed by atoms with Gasteiger partial charge in [0.05, 0.1) is 17.0 Å². The summed E-state index contributed by atoms with van der Waals surface area (Å²) in [5, 5.41) is 10.7. The number of carbonyl (C=O) groups is 2. The van der Waals surface area contributed by atoms with Crippen molar-refractivity contribution in [2.24, 2.45) is 5.73 Å². The number of halogens is 1. The van der Waals surface area contributed by atoms with Crippen LogP contribution in [0.5, 0.6) is 0 Å². The minimum atomic E-state index is -0.551. The Labute approximate surface area is 142 Å². The summed E-state index contributed by atoms with van der Waals surface area (Å²) in [5.74, 6) is -0.511. The van der Waals surface area contributed by atoms with Crippen LogP contribution < -0.4 is 27.3 Å². The number of hydrogen-bond acceptors (Lipinski definition) is 5. The second-order valence-corrected chi connectivity index (χ2v) is 4.62. The van der Waals surface area contributed by atoms with Crippen molar-refractivity contribution in [3.8, 4) is 0 Å². The molecule has 0 fully saturated rings. The van der Waals surface area contributed by atoms with Crippen LogP contribution in [0.3, 0.4) is 0 Å². The predicted molar refractivity (Wildman–Crippen MR) is 77.4 cm³/mol. The molecule has 1 aromatic heterocycles. The molecule has 0 aliphatic rings. The molecule has 120 valence electrons. The van der Waals surface area contributed by atoms with Crippen molar-refractivity contribution in [2.45, 2.75) is 6.54 Å². The van der Waals surface area contributed by atoms with Crippen molar-refractivity contribution in [1.82, 2.24) is 0 Å². The van der Waals surface area contributed by atoms with Crippen molar-refractivity contribution in [3.63, 3.8) is 0 Å². The minimum Gasteiger partial charge on any atom is -1.00 e. The van der Waals surface area contributed by atoms with Crippen LogP contribution in [-0.4, -0.2) is 23.0 Å². The second kappa shape index (κ2) is 8.25. The van der Waals surface area contributed by atoms with Crippen LogP contribution in [0.2, 0.25) is 0 Å². The number of Topliss-reactive ketones (excluding diaryl/α,β-unsaturated/α-hetero) is 2. The van der Waals surface area contributed by atoms with E-state index in [1.807, 2.05) is 0 Å². The summed E-state index contributed by atoms with van der Waals surface area (Å²) in [6.45, 7) is -0.129. The van der Waals surface area contributed by atoms with E-state index in [9.17, 15) is 19.7 Å². The topological polar surface area (TPSA) is 107 Å². The van der Waals surface area contributed by atoms with Gasteiger partial charge in [-0.2, -0.15) is 4.57 Å². The Morgan fingerprint density at radius 2 is 1.83 bits per heavy atom. The van der Waals surface area contributed by atoms with Crippen molar-refractivity contribution in [1.29, 1.82) is 0 Å². The lowest BCUT2D eigenvalue weighted by molar-refractivity contribution is -0.683. The normalized spacial score (nSPS) is 9.78. The van der Waals surface area contributed by atoms with Gasteiger partial charge in [0.2, 0.25) is 12.3 Å². The van der Waals surface area contributed by atoms with E-state index in [0.29, 0.717) is 5.56 Å². The Balaban J connectivity index is 0.00000264. The Bertz CT molecular complexity index is 749. The zero-order chi connectivity index (χ0) is 16.1. The predicted octanol–water partition coefficient (Wildman–Crippen LogP) is -2.09. The van der Waals surface area contributed by atoms with Crippen LogP contribution in [-0.2, 0) is 6.54 Å². The van der Waals surface area contributed by atoms with Gasteiger partial charge < -0.3 is 22.7 Å². The fraction of sp³-hybridized carbons (Fsp3) is 0.133. The molecule has 2 aromatic rings. The van der Waals surface area contributed by atoms with Gasteiger partial charge in [-0.05, 0) is 6.07 Å². The highest BCUT2D eigenvalue weighted by Crippen LogP contribution is 2.13. The molecule has 0 unspecified atom stereocenters. The number of nitro groups is 1. The summed E-state index contributed by atoms with van der Waals surface area (Å²) >= 11 is 0. The zero-order valence-electron chi connectivity index (χ0n) is 12.0. The molecule has 0 radical (unpaired) electrons. The smallest absolute Gasteiger partial charge is 0.270 e. The molecule has 1 aromatic carbocycles. The van der Waals surface area contributed by atoms with Gasteiger partial charge in [-0.1, -0.05) is 12.1 Å². The molecule has 7 nitrogen and oxygen atoms in total. The Morgan fingerprint density at radius 3 is 2.48 bits per heavy atom. The van der Waals surface area contributed by atoms with Crippen molar-refractivity contribution in [3.05, 3.63) is 70.0 Å². The summed E-state index contributed by atoms with van der Waals surface area (Å²) in [4.78, 5) is 33.9. The largest absolute Gasteiger partial charge is 1.00 e. The van der Waals surface area contributed by atoms with Gasteiger partial charge in [-0.3, -0.25) is 19.7 Å². The first-order valence-electron chi connectivity index (χ1n) is 6.51. The second-order valence-electron chi connectivity index (χ2n) is 4.62. The van der Waals surface area contributed by atoms with Crippen LogP contribution in [0.1, 0.15) is 20.7 Å². The minimum absolute atomic E-state index is 0. The molecule has 2 rings (SSSR count). The summed E-state index contributed by atoms with van der Waals surface area (Å²) < 4.78 is 1.55. The number of ketones is 2. The van der Waals surface area contributed by atoms with Gasteiger partial charge in [0.15, 0.2) is 18.2 Å². The van der Waals surface area contributed by atoms with E-state index in [1.54, 1.807) is 22.9 Å². The molecule has 0 aliphatic heterocycles. The van der Waals surface area contributed by atoms with Crippen LogP contribution in [0.15, 0.2) is 48.8 Å². The number of nitro benzene ring substituents is 1. The number of pyridine rings is 1. The lowest BCUT2D eigenvalue weighted by atomic mass is 10.1. The SMILES string of the molecule is NCC(=O)c1ccc[n+](CC(=O)c2cccc([N+](=O)[O-])c2)c1.[Br-]. The Hall–Kier alpha value is -2.45. The van der Waals surface area contributed by atoms with E-state index in [0.717, 1.165) is 0 Å².